The van der Waals surface area contributed by atoms with Gasteiger partial charge in [0.1, 0.15) is 0 Å². The molecule has 2 aromatic rings. The maximum absolute atomic E-state index is 5.58. The van der Waals surface area contributed by atoms with Crippen molar-refractivity contribution in [3.8, 4) is 0 Å². The van der Waals surface area contributed by atoms with Crippen molar-refractivity contribution in [2.75, 3.05) is 6.54 Å². The van der Waals surface area contributed by atoms with Gasteiger partial charge < -0.3 is 11.1 Å². The van der Waals surface area contributed by atoms with E-state index in [2.05, 4.69) is 59.9 Å². The summed E-state index contributed by atoms with van der Waals surface area (Å²) in [4.78, 5) is 0. The summed E-state index contributed by atoms with van der Waals surface area (Å²) in [5, 5.41) is 3.48. The smallest absolute Gasteiger partial charge is 0.0205 e. The van der Waals surface area contributed by atoms with E-state index in [1.54, 1.807) is 0 Å². The predicted octanol–water partition coefficient (Wildman–Crippen LogP) is 2.87. The van der Waals surface area contributed by atoms with Gasteiger partial charge >= 0.3 is 0 Å². The highest BCUT2D eigenvalue weighted by Gasteiger charge is 1.95. The molecule has 0 saturated carbocycles. The van der Waals surface area contributed by atoms with Crippen LogP contribution in [0.5, 0.6) is 0 Å². The summed E-state index contributed by atoms with van der Waals surface area (Å²) in [6.45, 7) is 2.60. The second-order valence-electron chi connectivity index (χ2n) is 4.79. The average Bonchev–Trinajstić information content (AvgIpc) is 2.49. The molecule has 0 aromatic heterocycles. The normalized spacial score (nSPS) is 10.6. The van der Waals surface area contributed by atoms with Crippen molar-refractivity contribution < 1.29 is 0 Å². The zero-order valence-electron chi connectivity index (χ0n) is 11.3. The second-order valence-corrected chi connectivity index (χ2v) is 4.79. The van der Waals surface area contributed by atoms with E-state index < -0.39 is 0 Å². The molecule has 2 aromatic carbocycles. The molecule has 0 amide bonds. The summed E-state index contributed by atoms with van der Waals surface area (Å²) in [7, 11) is 0. The maximum atomic E-state index is 5.58. The Hall–Kier alpha value is -1.64. The minimum Gasteiger partial charge on any atom is -0.326 e. The molecule has 0 fully saturated rings. The summed E-state index contributed by atoms with van der Waals surface area (Å²) in [6.07, 6.45) is 2.31. The summed E-state index contributed by atoms with van der Waals surface area (Å²) in [5.41, 5.74) is 9.50. The van der Waals surface area contributed by atoms with Crippen LogP contribution in [0.3, 0.4) is 0 Å². The zero-order chi connectivity index (χ0) is 13.3. The average molecular weight is 254 g/mol. The van der Waals surface area contributed by atoms with Gasteiger partial charge in [-0.15, -0.1) is 0 Å². The fourth-order valence-corrected chi connectivity index (χ4v) is 2.09. The molecule has 2 nitrogen and oxygen atoms in total. The van der Waals surface area contributed by atoms with Gasteiger partial charge in [0.2, 0.25) is 0 Å². The molecule has 0 atom stereocenters. The van der Waals surface area contributed by atoms with E-state index >= 15 is 0 Å². The van der Waals surface area contributed by atoms with Crippen molar-refractivity contribution in [2.24, 2.45) is 5.73 Å². The van der Waals surface area contributed by atoms with E-state index in [0.717, 1.165) is 19.5 Å². The SMILES string of the molecule is NCc1ccc(CNCCCc2ccccc2)cc1. The summed E-state index contributed by atoms with van der Waals surface area (Å²) >= 11 is 0. The van der Waals surface area contributed by atoms with Gasteiger partial charge in [-0.25, -0.2) is 0 Å². The fourth-order valence-electron chi connectivity index (χ4n) is 2.09. The molecule has 100 valence electrons. The molecular weight excluding hydrogens is 232 g/mol. The molecule has 0 aliphatic rings. The summed E-state index contributed by atoms with van der Waals surface area (Å²) in [6, 6.07) is 19.1. The lowest BCUT2D eigenvalue weighted by molar-refractivity contribution is 0.649. The standard InChI is InChI=1S/C17H22N2/c18-13-16-8-10-17(11-9-16)14-19-12-4-7-15-5-2-1-3-6-15/h1-3,5-6,8-11,19H,4,7,12-14,18H2. The van der Waals surface area contributed by atoms with E-state index in [0.29, 0.717) is 6.54 Å². The van der Waals surface area contributed by atoms with E-state index in [9.17, 15) is 0 Å². The lowest BCUT2D eigenvalue weighted by Gasteiger charge is -2.06. The molecular formula is C17H22N2. The Labute approximate surface area is 115 Å². The molecule has 0 aliphatic heterocycles. The molecule has 19 heavy (non-hydrogen) atoms. The first-order valence-corrected chi connectivity index (χ1v) is 6.91. The zero-order valence-corrected chi connectivity index (χ0v) is 11.3. The van der Waals surface area contributed by atoms with Crippen LogP contribution in [0.1, 0.15) is 23.1 Å². The van der Waals surface area contributed by atoms with Crippen LogP contribution in [0.2, 0.25) is 0 Å². The van der Waals surface area contributed by atoms with Crippen LogP contribution in [0.25, 0.3) is 0 Å². The van der Waals surface area contributed by atoms with Crippen LogP contribution < -0.4 is 11.1 Å². The van der Waals surface area contributed by atoms with Gasteiger partial charge in [0, 0.05) is 13.1 Å². The van der Waals surface area contributed by atoms with Gasteiger partial charge in [-0.3, -0.25) is 0 Å². The molecule has 0 spiro atoms. The second kappa shape index (κ2) is 7.72. The molecule has 2 heteroatoms. The lowest BCUT2D eigenvalue weighted by atomic mass is 10.1. The molecule has 0 heterocycles. The number of rotatable bonds is 7. The highest BCUT2D eigenvalue weighted by atomic mass is 14.8. The van der Waals surface area contributed by atoms with Crippen molar-refractivity contribution in [3.05, 3.63) is 71.3 Å². The number of benzene rings is 2. The predicted molar refractivity (Wildman–Crippen MR) is 80.8 cm³/mol. The first-order chi connectivity index (χ1) is 9.38. The Morgan fingerprint density at radius 3 is 2.16 bits per heavy atom. The van der Waals surface area contributed by atoms with Crippen LogP contribution in [-0.4, -0.2) is 6.54 Å². The van der Waals surface area contributed by atoms with Gasteiger partial charge in [-0.2, -0.15) is 0 Å². The van der Waals surface area contributed by atoms with Gasteiger partial charge in [-0.05, 0) is 36.1 Å². The van der Waals surface area contributed by atoms with E-state index in [-0.39, 0.29) is 0 Å². The minimum atomic E-state index is 0.616. The Morgan fingerprint density at radius 2 is 1.47 bits per heavy atom. The van der Waals surface area contributed by atoms with Gasteiger partial charge in [0.15, 0.2) is 0 Å². The molecule has 2 rings (SSSR count). The maximum Gasteiger partial charge on any atom is 0.0205 e. The Balaban J connectivity index is 1.63. The van der Waals surface area contributed by atoms with Gasteiger partial charge in [0.25, 0.3) is 0 Å². The highest BCUT2D eigenvalue weighted by molar-refractivity contribution is 5.22. The fraction of sp³-hybridized carbons (Fsp3) is 0.294. The molecule has 3 N–H and O–H groups in total. The van der Waals surface area contributed by atoms with Crippen LogP contribution in [0.4, 0.5) is 0 Å². The molecule has 0 radical (unpaired) electrons. The van der Waals surface area contributed by atoms with Crippen molar-refractivity contribution in [2.45, 2.75) is 25.9 Å². The van der Waals surface area contributed by atoms with Crippen molar-refractivity contribution in [1.29, 1.82) is 0 Å². The van der Waals surface area contributed by atoms with Crippen LogP contribution in [-0.2, 0) is 19.5 Å². The van der Waals surface area contributed by atoms with Crippen LogP contribution >= 0.6 is 0 Å². The third-order valence-electron chi connectivity index (χ3n) is 3.25. The topological polar surface area (TPSA) is 38.0 Å². The Kier molecular flexibility index (Phi) is 5.60. The summed E-state index contributed by atoms with van der Waals surface area (Å²) in [5.74, 6) is 0. The van der Waals surface area contributed by atoms with E-state index in [1.165, 1.54) is 23.1 Å². The first kappa shape index (κ1) is 13.8. The van der Waals surface area contributed by atoms with Gasteiger partial charge in [0.05, 0.1) is 0 Å². The molecule has 0 aliphatic carbocycles. The van der Waals surface area contributed by atoms with Crippen molar-refractivity contribution in [1.82, 2.24) is 5.32 Å². The third-order valence-corrected chi connectivity index (χ3v) is 3.25. The largest absolute Gasteiger partial charge is 0.326 e. The number of hydrogen-bond acceptors (Lipinski definition) is 2. The summed E-state index contributed by atoms with van der Waals surface area (Å²) < 4.78 is 0. The van der Waals surface area contributed by atoms with Gasteiger partial charge in [-0.1, -0.05) is 54.6 Å². The first-order valence-electron chi connectivity index (χ1n) is 6.91. The number of nitrogens with two attached hydrogens (primary N) is 1. The highest BCUT2D eigenvalue weighted by Crippen LogP contribution is 2.04. The lowest BCUT2D eigenvalue weighted by Crippen LogP contribution is -2.15. The third kappa shape index (κ3) is 4.86. The number of hydrogen-bond donors (Lipinski definition) is 2. The molecule has 0 unspecified atom stereocenters. The monoisotopic (exact) mass is 254 g/mol. The van der Waals surface area contributed by atoms with Crippen molar-refractivity contribution in [3.63, 3.8) is 0 Å². The number of aryl methyl sites for hydroxylation is 1. The van der Waals surface area contributed by atoms with E-state index in [1.807, 2.05) is 0 Å². The van der Waals surface area contributed by atoms with E-state index in [4.69, 9.17) is 5.73 Å². The quantitative estimate of drug-likeness (QED) is 0.746. The van der Waals surface area contributed by atoms with Crippen molar-refractivity contribution >= 4 is 0 Å². The molecule has 0 saturated heterocycles. The van der Waals surface area contributed by atoms with Crippen LogP contribution in [0, 0.1) is 0 Å². The Bertz CT molecular complexity index is 462. The molecule has 0 bridgehead atoms. The minimum absolute atomic E-state index is 0.616. The number of nitrogens with one attached hydrogen (secondary N) is 1. The van der Waals surface area contributed by atoms with Crippen LogP contribution in [0.15, 0.2) is 54.6 Å². The Morgan fingerprint density at radius 1 is 0.789 bits per heavy atom.